The van der Waals surface area contributed by atoms with Crippen LogP contribution in [0.3, 0.4) is 0 Å². The highest BCUT2D eigenvalue weighted by molar-refractivity contribution is 5.39. The second kappa shape index (κ2) is 6.64. The Bertz CT molecular complexity index is 359. The quantitative estimate of drug-likeness (QED) is 0.870. The van der Waals surface area contributed by atoms with Gasteiger partial charge in [-0.1, -0.05) is 12.1 Å². The maximum atomic E-state index is 5.91. The summed E-state index contributed by atoms with van der Waals surface area (Å²) in [5.74, 6) is 2.32. The molecule has 1 aliphatic rings. The molecule has 0 amide bonds. The van der Waals surface area contributed by atoms with Crippen LogP contribution in [0.1, 0.15) is 26.7 Å². The van der Waals surface area contributed by atoms with Crippen LogP contribution in [-0.2, 0) is 0 Å². The number of para-hydroxylation sites is 2. The van der Waals surface area contributed by atoms with Crippen molar-refractivity contribution in [1.29, 1.82) is 0 Å². The zero-order valence-corrected chi connectivity index (χ0v) is 11.3. The van der Waals surface area contributed by atoms with E-state index in [0.717, 1.165) is 31.2 Å². The molecule has 1 fully saturated rings. The Hall–Kier alpha value is -1.22. The van der Waals surface area contributed by atoms with E-state index in [2.05, 4.69) is 5.32 Å². The standard InChI is InChI=1S/C15H23NO2/c1-12(2)18-15-8-4-3-7-14(15)17-11-13-6-5-9-16-10-13/h3-4,7-8,12-13,16H,5-6,9-11H2,1-2H3. The van der Waals surface area contributed by atoms with Gasteiger partial charge in [-0.25, -0.2) is 0 Å². The Morgan fingerprint density at radius 1 is 1.28 bits per heavy atom. The molecule has 0 aromatic heterocycles. The average molecular weight is 249 g/mol. The van der Waals surface area contributed by atoms with E-state index in [9.17, 15) is 0 Å². The minimum atomic E-state index is 0.172. The highest BCUT2D eigenvalue weighted by atomic mass is 16.5. The lowest BCUT2D eigenvalue weighted by molar-refractivity contribution is 0.192. The van der Waals surface area contributed by atoms with Crippen LogP contribution >= 0.6 is 0 Å². The van der Waals surface area contributed by atoms with Gasteiger partial charge in [-0.15, -0.1) is 0 Å². The van der Waals surface area contributed by atoms with Gasteiger partial charge in [-0.05, 0) is 45.4 Å². The third kappa shape index (κ3) is 3.91. The molecule has 1 aromatic carbocycles. The van der Waals surface area contributed by atoms with Crippen LogP contribution in [0.4, 0.5) is 0 Å². The fraction of sp³-hybridized carbons (Fsp3) is 0.600. The van der Waals surface area contributed by atoms with Crippen LogP contribution in [-0.4, -0.2) is 25.8 Å². The molecule has 1 N–H and O–H groups in total. The molecule has 0 radical (unpaired) electrons. The summed E-state index contributed by atoms with van der Waals surface area (Å²) in [4.78, 5) is 0. The molecular formula is C15H23NO2. The van der Waals surface area contributed by atoms with Gasteiger partial charge in [0.15, 0.2) is 11.5 Å². The number of piperidine rings is 1. The predicted octanol–water partition coefficient (Wildman–Crippen LogP) is 2.85. The first-order valence-corrected chi connectivity index (χ1v) is 6.85. The van der Waals surface area contributed by atoms with Gasteiger partial charge >= 0.3 is 0 Å². The summed E-state index contributed by atoms with van der Waals surface area (Å²) in [5.41, 5.74) is 0. The summed E-state index contributed by atoms with van der Waals surface area (Å²) in [5, 5.41) is 3.41. The summed E-state index contributed by atoms with van der Waals surface area (Å²) in [7, 11) is 0. The monoisotopic (exact) mass is 249 g/mol. The Labute approximate surface area is 109 Å². The van der Waals surface area contributed by atoms with Gasteiger partial charge < -0.3 is 14.8 Å². The normalized spacial score (nSPS) is 19.8. The first-order chi connectivity index (χ1) is 8.75. The largest absolute Gasteiger partial charge is 0.489 e. The maximum absolute atomic E-state index is 5.91. The summed E-state index contributed by atoms with van der Waals surface area (Å²) in [6, 6.07) is 7.91. The smallest absolute Gasteiger partial charge is 0.161 e. The molecular weight excluding hydrogens is 226 g/mol. The Balaban J connectivity index is 1.91. The molecule has 3 heteroatoms. The lowest BCUT2D eigenvalue weighted by Gasteiger charge is -2.23. The van der Waals surface area contributed by atoms with Crippen molar-refractivity contribution in [2.24, 2.45) is 5.92 Å². The highest BCUT2D eigenvalue weighted by Crippen LogP contribution is 2.28. The number of hydrogen-bond donors (Lipinski definition) is 1. The van der Waals surface area contributed by atoms with Crippen LogP contribution in [0, 0.1) is 5.92 Å². The van der Waals surface area contributed by atoms with Crippen molar-refractivity contribution in [2.45, 2.75) is 32.8 Å². The Morgan fingerprint density at radius 3 is 2.72 bits per heavy atom. The van der Waals surface area contributed by atoms with E-state index in [1.54, 1.807) is 0 Å². The van der Waals surface area contributed by atoms with Crippen molar-refractivity contribution in [3.05, 3.63) is 24.3 Å². The number of rotatable bonds is 5. The van der Waals surface area contributed by atoms with E-state index >= 15 is 0 Å². The molecule has 0 bridgehead atoms. The molecule has 0 aliphatic carbocycles. The summed E-state index contributed by atoms with van der Waals surface area (Å²) < 4.78 is 11.7. The lowest BCUT2D eigenvalue weighted by atomic mass is 10.0. The van der Waals surface area contributed by atoms with E-state index in [0.29, 0.717) is 5.92 Å². The van der Waals surface area contributed by atoms with E-state index in [-0.39, 0.29) is 6.10 Å². The fourth-order valence-corrected chi connectivity index (χ4v) is 2.19. The third-order valence-corrected chi connectivity index (χ3v) is 3.09. The van der Waals surface area contributed by atoms with Crippen molar-refractivity contribution >= 4 is 0 Å². The molecule has 1 aromatic rings. The number of nitrogens with one attached hydrogen (secondary N) is 1. The van der Waals surface area contributed by atoms with Gasteiger partial charge in [0.25, 0.3) is 0 Å². The van der Waals surface area contributed by atoms with E-state index in [1.165, 1.54) is 12.8 Å². The molecule has 3 nitrogen and oxygen atoms in total. The van der Waals surface area contributed by atoms with Gasteiger partial charge in [0.05, 0.1) is 12.7 Å². The second-order valence-electron chi connectivity index (χ2n) is 5.14. The van der Waals surface area contributed by atoms with Crippen LogP contribution in [0.15, 0.2) is 24.3 Å². The van der Waals surface area contributed by atoms with Crippen molar-refractivity contribution < 1.29 is 9.47 Å². The van der Waals surface area contributed by atoms with Gasteiger partial charge in [0.1, 0.15) is 0 Å². The maximum Gasteiger partial charge on any atom is 0.161 e. The predicted molar refractivity (Wildman–Crippen MR) is 73.3 cm³/mol. The minimum absolute atomic E-state index is 0.172. The molecule has 1 atom stereocenters. The van der Waals surface area contributed by atoms with Gasteiger partial charge in [-0.2, -0.15) is 0 Å². The molecule has 0 spiro atoms. The minimum Gasteiger partial charge on any atom is -0.489 e. The third-order valence-electron chi connectivity index (χ3n) is 3.09. The molecule has 1 unspecified atom stereocenters. The molecule has 1 saturated heterocycles. The average Bonchev–Trinajstić information content (AvgIpc) is 2.38. The topological polar surface area (TPSA) is 30.5 Å². The first-order valence-electron chi connectivity index (χ1n) is 6.85. The number of hydrogen-bond acceptors (Lipinski definition) is 3. The molecule has 0 saturated carbocycles. The number of ether oxygens (including phenoxy) is 2. The summed E-state index contributed by atoms with van der Waals surface area (Å²) >= 11 is 0. The molecule has 18 heavy (non-hydrogen) atoms. The van der Waals surface area contributed by atoms with Gasteiger partial charge in [0, 0.05) is 12.5 Å². The van der Waals surface area contributed by atoms with Crippen molar-refractivity contribution in [3.8, 4) is 11.5 Å². The lowest BCUT2D eigenvalue weighted by Crippen LogP contribution is -2.33. The molecule has 2 rings (SSSR count). The van der Waals surface area contributed by atoms with Gasteiger partial charge in [0.2, 0.25) is 0 Å². The van der Waals surface area contributed by atoms with E-state index in [1.807, 2.05) is 38.1 Å². The molecule has 1 aliphatic heterocycles. The van der Waals surface area contributed by atoms with E-state index < -0.39 is 0 Å². The molecule has 1 heterocycles. The highest BCUT2D eigenvalue weighted by Gasteiger charge is 2.14. The summed E-state index contributed by atoms with van der Waals surface area (Å²) in [6.45, 7) is 7.03. The van der Waals surface area contributed by atoms with Crippen molar-refractivity contribution in [3.63, 3.8) is 0 Å². The zero-order valence-electron chi connectivity index (χ0n) is 11.3. The van der Waals surface area contributed by atoms with Crippen LogP contribution < -0.4 is 14.8 Å². The van der Waals surface area contributed by atoms with Crippen LogP contribution in [0.5, 0.6) is 11.5 Å². The van der Waals surface area contributed by atoms with Crippen LogP contribution in [0.25, 0.3) is 0 Å². The van der Waals surface area contributed by atoms with E-state index in [4.69, 9.17) is 9.47 Å². The second-order valence-corrected chi connectivity index (χ2v) is 5.14. The summed E-state index contributed by atoms with van der Waals surface area (Å²) in [6.07, 6.45) is 2.67. The number of benzene rings is 1. The fourth-order valence-electron chi connectivity index (χ4n) is 2.19. The van der Waals surface area contributed by atoms with Gasteiger partial charge in [-0.3, -0.25) is 0 Å². The van der Waals surface area contributed by atoms with Crippen molar-refractivity contribution in [2.75, 3.05) is 19.7 Å². The SMILES string of the molecule is CC(C)Oc1ccccc1OCC1CCCNC1. The van der Waals surface area contributed by atoms with Crippen LogP contribution in [0.2, 0.25) is 0 Å². The zero-order chi connectivity index (χ0) is 12.8. The molecule has 100 valence electrons. The first kappa shape index (κ1) is 13.2. The Morgan fingerprint density at radius 2 is 2.06 bits per heavy atom. The Kier molecular flexibility index (Phi) is 4.88. The van der Waals surface area contributed by atoms with Crippen molar-refractivity contribution in [1.82, 2.24) is 5.32 Å².